The van der Waals surface area contributed by atoms with E-state index >= 15 is 0 Å². The van der Waals surface area contributed by atoms with Crippen LogP contribution in [0, 0.1) is 11.3 Å². The molecule has 1 unspecified atom stereocenters. The number of rotatable bonds is 3. The lowest BCUT2D eigenvalue weighted by atomic mass is 9.67. The minimum atomic E-state index is -0.674. The molecule has 1 aromatic rings. The molecule has 0 fully saturated rings. The van der Waals surface area contributed by atoms with Gasteiger partial charge in [-0.3, -0.25) is 14.6 Å². The smallest absolute Gasteiger partial charge is 0.315 e. The first-order valence-electron chi connectivity index (χ1n) is 9.07. The third-order valence-corrected chi connectivity index (χ3v) is 5.70. The molecule has 1 aliphatic carbocycles. The lowest BCUT2D eigenvalue weighted by Crippen LogP contribution is -2.39. The molecule has 0 saturated heterocycles. The van der Waals surface area contributed by atoms with E-state index in [1.165, 1.54) is 0 Å². The van der Waals surface area contributed by atoms with Crippen molar-refractivity contribution in [2.45, 2.75) is 46.5 Å². The number of nitrogens with zero attached hydrogens (tertiary/aromatic N) is 1. The fourth-order valence-corrected chi connectivity index (χ4v) is 4.60. The number of ether oxygens (including phenoxy) is 1. The van der Waals surface area contributed by atoms with Gasteiger partial charge in [-0.1, -0.05) is 43.1 Å². The molecule has 0 aromatic heterocycles. The summed E-state index contributed by atoms with van der Waals surface area (Å²) in [5.74, 6) is -1.56. The lowest BCUT2D eigenvalue weighted by Gasteiger charge is -2.39. The summed E-state index contributed by atoms with van der Waals surface area (Å²) in [5, 5.41) is 0.934. The molecule has 1 heterocycles. The van der Waals surface area contributed by atoms with Crippen LogP contribution >= 0.6 is 23.2 Å². The third kappa shape index (κ3) is 3.83. The van der Waals surface area contributed by atoms with Crippen molar-refractivity contribution in [1.82, 2.24) is 0 Å². The van der Waals surface area contributed by atoms with Gasteiger partial charge in [0.15, 0.2) is 5.78 Å². The number of aliphatic imine (C=N–C) groups is 1. The van der Waals surface area contributed by atoms with E-state index < -0.39 is 11.8 Å². The molecule has 0 saturated carbocycles. The topological polar surface area (TPSA) is 55.7 Å². The normalized spacial score (nSPS) is 24.4. The van der Waals surface area contributed by atoms with E-state index in [1.807, 2.05) is 6.92 Å². The summed E-state index contributed by atoms with van der Waals surface area (Å²) in [7, 11) is 0. The molecule has 0 N–H and O–H groups in total. The summed E-state index contributed by atoms with van der Waals surface area (Å²) < 4.78 is 5.30. The van der Waals surface area contributed by atoms with Crippen LogP contribution in [0.5, 0.6) is 0 Å². The van der Waals surface area contributed by atoms with Crippen molar-refractivity contribution >= 4 is 40.7 Å². The van der Waals surface area contributed by atoms with Crippen molar-refractivity contribution < 1.29 is 14.3 Å². The number of allylic oxidation sites excluding steroid dienone is 2. The summed E-state index contributed by atoms with van der Waals surface area (Å²) >= 11 is 12.5. The monoisotopic (exact) mass is 407 g/mol. The van der Waals surface area contributed by atoms with Gasteiger partial charge in [-0.05, 0) is 43.4 Å². The van der Waals surface area contributed by atoms with Gasteiger partial charge in [-0.25, -0.2) is 0 Å². The van der Waals surface area contributed by atoms with E-state index in [9.17, 15) is 9.59 Å². The molecule has 0 amide bonds. The number of carbonyl (C=O) groups excluding carboxylic acids is 2. The zero-order chi connectivity index (χ0) is 19.9. The maximum Gasteiger partial charge on any atom is 0.315 e. The minimum Gasteiger partial charge on any atom is -0.465 e. The van der Waals surface area contributed by atoms with Gasteiger partial charge < -0.3 is 4.74 Å². The Bertz CT molecular complexity index is 870. The highest BCUT2D eigenvalue weighted by Crippen LogP contribution is 2.49. The molecular formula is C21H23Cl2NO3. The summed E-state index contributed by atoms with van der Waals surface area (Å²) in [5.41, 5.74) is 2.53. The lowest BCUT2D eigenvalue weighted by molar-refractivity contribution is -0.146. The summed E-state index contributed by atoms with van der Waals surface area (Å²) in [4.78, 5) is 30.5. The van der Waals surface area contributed by atoms with E-state index in [0.717, 1.165) is 5.70 Å². The van der Waals surface area contributed by atoms with Crippen LogP contribution in [0.25, 0.3) is 0 Å². The predicted octanol–water partition coefficient (Wildman–Crippen LogP) is 5.37. The van der Waals surface area contributed by atoms with Crippen molar-refractivity contribution in [3.63, 3.8) is 0 Å². The number of esters is 1. The van der Waals surface area contributed by atoms with Crippen LogP contribution in [0.15, 0.2) is 34.5 Å². The second-order valence-electron chi connectivity index (χ2n) is 7.93. The van der Waals surface area contributed by atoms with Crippen LogP contribution in [-0.4, -0.2) is 24.1 Å². The quantitative estimate of drug-likeness (QED) is 0.632. The largest absolute Gasteiger partial charge is 0.465 e. The van der Waals surface area contributed by atoms with Gasteiger partial charge in [0.2, 0.25) is 0 Å². The Labute approximate surface area is 169 Å². The molecule has 0 spiro atoms. The molecule has 3 rings (SSSR count). The van der Waals surface area contributed by atoms with Crippen molar-refractivity contribution in [3.05, 3.63) is 45.1 Å². The zero-order valence-electron chi connectivity index (χ0n) is 15.9. The fraction of sp³-hybridized carbons (Fsp3) is 0.476. The van der Waals surface area contributed by atoms with Crippen molar-refractivity contribution in [2.24, 2.45) is 16.3 Å². The molecule has 1 aromatic carbocycles. The zero-order valence-corrected chi connectivity index (χ0v) is 17.4. The van der Waals surface area contributed by atoms with Gasteiger partial charge in [0, 0.05) is 39.4 Å². The van der Waals surface area contributed by atoms with Crippen LogP contribution in [0.1, 0.15) is 52.0 Å². The molecule has 2 atom stereocenters. The molecule has 4 nitrogen and oxygen atoms in total. The SMILES string of the molecule is CCOC(=O)C1C(C)=NC2=C(C(=O)CC(C)(C)C2)[C@H]1c1ccc(Cl)cc1Cl. The Kier molecular flexibility index (Phi) is 5.51. The maximum absolute atomic E-state index is 13.1. The summed E-state index contributed by atoms with van der Waals surface area (Å²) in [6.07, 6.45) is 1.10. The molecular weight excluding hydrogens is 385 g/mol. The second-order valence-corrected chi connectivity index (χ2v) is 8.77. The van der Waals surface area contributed by atoms with Crippen LogP contribution in [0.2, 0.25) is 10.0 Å². The van der Waals surface area contributed by atoms with Gasteiger partial charge in [0.25, 0.3) is 0 Å². The van der Waals surface area contributed by atoms with E-state index in [1.54, 1.807) is 25.1 Å². The molecule has 6 heteroatoms. The average Bonchev–Trinajstić information content (AvgIpc) is 2.52. The van der Waals surface area contributed by atoms with Gasteiger partial charge in [0.1, 0.15) is 5.92 Å². The number of halogens is 2. The average molecular weight is 408 g/mol. The summed E-state index contributed by atoms with van der Waals surface area (Å²) in [6, 6.07) is 5.15. The first kappa shape index (κ1) is 20.1. The molecule has 27 heavy (non-hydrogen) atoms. The van der Waals surface area contributed by atoms with Gasteiger partial charge in [0.05, 0.1) is 6.61 Å². The number of hydrogen-bond donors (Lipinski definition) is 0. The van der Waals surface area contributed by atoms with E-state index in [2.05, 4.69) is 18.8 Å². The minimum absolute atomic E-state index is 0.0165. The molecule has 144 valence electrons. The van der Waals surface area contributed by atoms with E-state index in [4.69, 9.17) is 27.9 Å². The Morgan fingerprint density at radius 2 is 2.00 bits per heavy atom. The highest BCUT2D eigenvalue weighted by Gasteiger charge is 2.46. The van der Waals surface area contributed by atoms with Crippen molar-refractivity contribution in [1.29, 1.82) is 0 Å². The van der Waals surface area contributed by atoms with Gasteiger partial charge in [-0.2, -0.15) is 0 Å². The fourth-order valence-electron chi connectivity index (χ4n) is 4.07. The van der Waals surface area contributed by atoms with E-state index in [0.29, 0.717) is 39.7 Å². The number of Topliss-reactive ketones (excluding diaryl/α,β-unsaturated/α-hetero) is 1. The number of benzene rings is 1. The molecule has 2 aliphatic rings. The molecule has 0 radical (unpaired) electrons. The van der Waals surface area contributed by atoms with Gasteiger partial charge in [-0.15, -0.1) is 0 Å². The number of carbonyl (C=O) groups is 2. The first-order valence-corrected chi connectivity index (χ1v) is 9.83. The molecule has 1 aliphatic heterocycles. The Hall–Kier alpha value is -1.65. The van der Waals surface area contributed by atoms with Crippen molar-refractivity contribution in [3.8, 4) is 0 Å². The second kappa shape index (κ2) is 7.40. The van der Waals surface area contributed by atoms with Crippen molar-refractivity contribution in [2.75, 3.05) is 6.61 Å². The highest BCUT2D eigenvalue weighted by atomic mass is 35.5. The van der Waals surface area contributed by atoms with Crippen LogP contribution < -0.4 is 0 Å². The molecule has 0 bridgehead atoms. The number of hydrogen-bond acceptors (Lipinski definition) is 4. The van der Waals surface area contributed by atoms with Crippen LogP contribution in [0.4, 0.5) is 0 Å². The highest BCUT2D eigenvalue weighted by molar-refractivity contribution is 6.35. The Morgan fingerprint density at radius 3 is 2.63 bits per heavy atom. The predicted molar refractivity (Wildman–Crippen MR) is 107 cm³/mol. The van der Waals surface area contributed by atoms with Crippen LogP contribution in [-0.2, 0) is 14.3 Å². The van der Waals surface area contributed by atoms with E-state index in [-0.39, 0.29) is 23.8 Å². The maximum atomic E-state index is 13.1. The van der Waals surface area contributed by atoms with Crippen LogP contribution in [0.3, 0.4) is 0 Å². The first-order chi connectivity index (χ1) is 12.6. The third-order valence-electron chi connectivity index (χ3n) is 5.14. The number of ketones is 1. The standard InChI is InChI=1S/C21H23Cl2NO3/c1-5-27-20(26)17-11(2)24-15-9-21(3,4)10-16(25)19(15)18(17)13-7-6-12(22)8-14(13)23/h6-8,17-18H,5,9-10H2,1-4H3/t17?,18-/m0/s1. The Morgan fingerprint density at radius 1 is 1.30 bits per heavy atom. The summed E-state index contributed by atoms with van der Waals surface area (Å²) in [6.45, 7) is 7.95. The van der Waals surface area contributed by atoms with Gasteiger partial charge >= 0.3 is 5.97 Å². The Balaban J connectivity index is 2.21.